The van der Waals surface area contributed by atoms with Crippen LogP contribution in [0.4, 0.5) is 22.4 Å². The van der Waals surface area contributed by atoms with Gasteiger partial charge in [0.1, 0.15) is 10.6 Å². The minimum atomic E-state index is -4.92. The van der Waals surface area contributed by atoms with Crippen LogP contribution < -0.4 is 4.74 Å². The Balaban J connectivity index is 3.11. The van der Waals surface area contributed by atoms with E-state index in [-0.39, 0.29) is 11.7 Å². The number of hydrogen-bond donors (Lipinski definition) is 0. The molecule has 1 aromatic rings. The van der Waals surface area contributed by atoms with E-state index in [4.69, 9.17) is 0 Å². The number of para-hydroxylation sites is 1. The van der Waals surface area contributed by atoms with Crippen molar-refractivity contribution in [3.63, 3.8) is 0 Å². The highest BCUT2D eigenvalue weighted by atomic mass is 32.2. The van der Waals surface area contributed by atoms with Crippen molar-refractivity contribution >= 4 is 16.2 Å². The van der Waals surface area contributed by atoms with Gasteiger partial charge in [-0.1, -0.05) is 12.1 Å². The first kappa shape index (κ1) is 20.0. The van der Waals surface area contributed by atoms with E-state index < -0.39 is 39.4 Å². The molecule has 1 aromatic carbocycles. The van der Waals surface area contributed by atoms with Crippen molar-refractivity contribution in [3.8, 4) is 5.75 Å². The van der Waals surface area contributed by atoms with Gasteiger partial charge in [-0.25, -0.2) is 4.79 Å². The zero-order chi connectivity index (χ0) is 18.5. The molecule has 136 valence electrons. The van der Waals surface area contributed by atoms with Crippen molar-refractivity contribution < 1.29 is 44.5 Å². The molecular weight excluding hydrogens is 362 g/mol. The molecule has 0 saturated carbocycles. The molecule has 0 heterocycles. The lowest BCUT2D eigenvalue weighted by Crippen LogP contribution is -2.34. The summed E-state index contributed by atoms with van der Waals surface area (Å²) >= 11 is 0. The summed E-state index contributed by atoms with van der Waals surface area (Å²) in [7, 11) is -3.93. The average molecular weight is 375 g/mol. The molecule has 7 nitrogen and oxygen atoms in total. The second-order valence-corrected chi connectivity index (χ2v) is 5.63. The van der Waals surface area contributed by atoms with E-state index in [1.165, 1.54) is 6.92 Å². The fraction of sp³-hybridized carbons (Fsp3) is 0.417. The first-order chi connectivity index (χ1) is 11.0. The number of hydroxylamine groups is 2. The lowest BCUT2D eigenvalue weighted by atomic mass is 10.3. The summed E-state index contributed by atoms with van der Waals surface area (Å²) in [5.41, 5.74) is 0. The van der Waals surface area contributed by atoms with Gasteiger partial charge in [0.05, 0.1) is 6.61 Å². The highest BCUT2D eigenvalue weighted by Crippen LogP contribution is 2.32. The molecule has 0 atom stereocenters. The van der Waals surface area contributed by atoms with Gasteiger partial charge in [-0.2, -0.15) is 31.0 Å². The Labute approximate surface area is 134 Å². The third-order valence-corrected chi connectivity index (χ3v) is 3.65. The summed E-state index contributed by atoms with van der Waals surface area (Å²) in [4.78, 5) is 10.3. The number of alkyl halides is 4. The van der Waals surface area contributed by atoms with Crippen LogP contribution in [-0.4, -0.2) is 45.8 Å². The highest BCUT2D eigenvalue weighted by Gasteiger charge is 2.45. The molecule has 0 aliphatic rings. The van der Waals surface area contributed by atoms with Gasteiger partial charge >= 0.3 is 28.7 Å². The summed E-state index contributed by atoms with van der Waals surface area (Å²) < 4.78 is 87.1. The molecule has 0 radical (unpaired) electrons. The molecule has 1 rings (SSSR count). The molecule has 0 spiro atoms. The van der Waals surface area contributed by atoms with Crippen molar-refractivity contribution in [2.75, 3.05) is 13.7 Å². The Morgan fingerprint density at radius 3 is 2.42 bits per heavy atom. The van der Waals surface area contributed by atoms with Gasteiger partial charge < -0.3 is 9.47 Å². The molecule has 0 saturated heterocycles. The fourth-order valence-corrected chi connectivity index (χ4v) is 2.40. The van der Waals surface area contributed by atoms with Crippen LogP contribution in [0.2, 0.25) is 0 Å². The first-order valence-electron chi connectivity index (χ1n) is 6.30. The van der Waals surface area contributed by atoms with Gasteiger partial charge in [0, 0.05) is 7.05 Å². The van der Waals surface area contributed by atoms with Gasteiger partial charge in [0.25, 0.3) is 0 Å². The smallest absolute Gasteiger partial charge is 0.448 e. The summed E-state index contributed by atoms with van der Waals surface area (Å²) in [6.07, 6.45) is -10.3. The Kier molecular flexibility index (Phi) is 6.37. The number of hydrogen-bond acceptors (Lipinski definition) is 6. The molecular formula is C12H13F4NO6S. The monoisotopic (exact) mass is 375 g/mol. The van der Waals surface area contributed by atoms with Crippen LogP contribution in [-0.2, 0) is 19.1 Å². The maximum Gasteiger partial charge on any atom is 0.461 e. The van der Waals surface area contributed by atoms with Crippen molar-refractivity contribution in [2.45, 2.75) is 24.4 Å². The van der Waals surface area contributed by atoms with Crippen molar-refractivity contribution in [1.82, 2.24) is 5.06 Å². The second kappa shape index (κ2) is 7.66. The third-order valence-electron chi connectivity index (χ3n) is 2.35. The molecule has 0 aliphatic carbocycles. The molecule has 0 bridgehead atoms. The van der Waals surface area contributed by atoms with Gasteiger partial charge in [-0.15, -0.1) is 4.28 Å². The first-order valence-corrected chi connectivity index (χ1v) is 7.71. The van der Waals surface area contributed by atoms with Crippen LogP contribution in [0, 0.1) is 0 Å². The molecule has 0 unspecified atom stereocenters. The Morgan fingerprint density at radius 2 is 1.88 bits per heavy atom. The van der Waals surface area contributed by atoms with Crippen LogP contribution >= 0.6 is 0 Å². The average Bonchev–Trinajstić information content (AvgIpc) is 2.46. The number of carbonyl (C=O) groups is 1. The van der Waals surface area contributed by atoms with Crippen LogP contribution in [0.15, 0.2) is 29.2 Å². The topological polar surface area (TPSA) is 82.1 Å². The number of ether oxygens (including phenoxy) is 2. The SMILES string of the molecule is CCOC(=O)N(C)OS(=O)(=O)c1ccccc1OC(F)(F)C(F)F. The Morgan fingerprint density at radius 1 is 1.29 bits per heavy atom. The van der Waals surface area contributed by atoms with Crippen LogP contribution in [0.1, 0.15) is 6.92 Å². The molecule has 0 fully saturated rings. The summed E-state index contributed by atoms with van der Waals surface area (Å²) in [5.74, 6) is -1.07. The van der Waals surface area contributed by atoms with Crippen molar-refractivity contribution in [3.05, 3.63) is 24.3 Å². The molecule has 0 aliphatic heterocycles. The molecule has 0 N–H and O–H groups in total. The van der Waals surface area contributed by atoms with E-state index in [0.29, 0.717) is 0 Å². The van der Waals surface area contributed by atoms with Gasteiger partial charge in [0.2, 0.25) is 0 Å². The molecule has 1 amide bonds. The number of carbonyl (C=O) groups excluding carboxylic acids is 1. The Hall–Kier alpha value is -2.08. The number of benzene rings is 1. The second-order valence-electron chi connectivity index (χ2n) is 4.14. The van der Waals surface area contributed by atoms with Crippen LogP contribution in [0.25, 0.3) is 0 Å². The van der Waals surface area contributed by atoms with Gasteiger partial charge in [-0.05, 0) is 19.1 Å². The summed E-state index contributed by atoms with van der Waals surface area (Å²) in [6.45, 7) is 1.38. The standard InChI is InChI=1S/C12H13F4NO6S/c1-3-21-11(18)17(2)23-24(19,20)9-7-5-4-6-8(9)22-12(15,16)10(13)14/h4-7,10H,3H2,1-2H3. The summed E-state index contributed by atoms with van der Waals surface area (Å²) in [5, 5.41) is 0.195. The largest absolute Gasteiger partial charge is 0.461 e. The van der Waals surface area contributed by atoms with E-state index in [1.54, 1.807) is 0 Å². The third kappa shape index (κ3) is 4.96. The quantitative estimate of drug-likeness (QED) is 0.538. The zero-order valence-electron chi connectivity index (χ0n) is 12.4. The maximum atomic E-state index is 13.0. The zero-order valence-corrected chi connectivity index (χ0v) is 13.2. The van der Waals surface area contributed by atoms with E-state index in [2.05, 4.69) is 13.8 Å². The Bertz CT molecular complexity index is 682. The minimum absolute atomic E-state index is 0.0765. The van der Waals surface area contributed by atoms with Crippen molar-refractivity contribution in [2.24, 2.45) is 0 Å². The van der Waals surface area contributed by atoms with Gasteiger partial charge in [-0.3, -0.25) is 0 Å². The maximum absolute atomic E-state index is 13.0. The number of amides is 1. The van der Waals surface area contributed by atoms with E-state index in [0.717, 1.165) is 31.3 Å². The fourth-order valence-electron chi connectivity index (χ4n) is 1.36. The summed E-state index contributed by atoms with van der Waals surface area (Å²) in [6, 6.07) is 3.72. The molecule has 0 aromatic heterocycles. The van der Waals surface area contributed by atoms with E-state index >= 15 is 0 Å². The lowest BCUT2D eigenvalue weighted by molar-refractivity contribution is -0.254. The van der Waals surface area contributed by atoms with E-state index in [9.17, 15) is 30.8 Å². The lowest BCUT2D eigenvalue weighted by Gasteiger charge is -2.20. The van der Waals surface area contributed by atoms with Crippen LogP contribution in [0.3, 0.4) is 0 Å². The van der Waals surface area contributed by atoms with E-state index in [1.807, 2.05) is 0 Å². The molecule has 12 heteroatoms. The highest BCUT2D eigenvalue weighted by molar-refractivity contribution is 7.86. The normalized spacial score (nSPS) is 12.1. The number of rotatable bonds is 7. The predicted molar refractivity (Wildman–Crippen MR) is 71.1 cm³/mol. The van der Waals surface area contributed by atoms with Gasteiger partial charge in [0.15, 0.2) is 0 Å². The molecule has 24 heavy (non-hydrogen) atoms. The number of nitrogens with zero attached hydrogens (tertiary/aromatic N) is 1. The van der Waals surface area contributed by atoms with Crippen LogP contribution in [0.5, 0.6) is 5.75 Å². The predicted octanol–water partition coefficient (Wildman–Crippen LogP) is 2.63. The van der Waals surface area contributed by atoms with Crippen molar-refractivity contribution in [1.29, 1.82) is 0 Å². The number of halogens is 4. The minimum Gasteiger partial charge on any atom is -0.448 e.